The maximum absolute atomic E-state index is 4.30. The van der Waals surface area contributed by atoms with E-state index in [1.165, 1.54) is 62.2 Å². The van der Waals surface area contributed by atoms with Crippen LogP contribution < -0.4 is 0 Å². The summed E-state index contributed by atoms with van der Waals surface area (Å²) in [7, 11) is 0. The molecule has 4 atom stereocenters. The Labute approximate surface area is 157 Å². The molecule has 2 saturated carbocycles. The summed E-state index contributed by atoms with van der Waals surface area (Å²) in [5.74, 6) is 9.43. The molecule has 2 rings (SSSR count). The van der Waals surface area contributed by atoms with Crippen molar-refractivity contribution in [1.82, 2.24) is 0 Å². The third-order valence-corrected chi connectivity index (χ3v) is 8.58. The van der Waals surface area contributed by atoms with E-state index in [-0.39, 0.29) is 0 Å². The molecule has 2 aliphatic rings. The normalized spacial score (nSPS) is 30.3. The standard InChI is InChI=1S/C18H34S4/c19-7-3-1-2-4-10-22-18-14-15-12-16(17(18)13-15)6-11-21-9-5-8-20/h15-20H,1-14H2. The van der Waals surface area contributed by atoms with E-state index >= 15 is 0 Å². The second-order valence-electron chi connectivity index (χ2n) is 7.02. The molecule has 2 fully saturated rings. The number of hydrogen-bond acceptors (Lipinski definition) is 4. The van der Waals surface area contributed by atoms with Crippen LogP contribution in [0.5, 0.6) is 0 Å². The van der Waals surface area contributed by atoms with Crippen LogP contribution in [0.2, 0.25) is 0 Å². The number of fused-ring (bicyclic) bond motifs is 2. The van der Waals surface area contributed by atoms with Gasteiger partial charge >= 0.3 is 0 Å². The Morgan fingerprint density at radius 3 is 2.36 bits per heavy atom. The van der Waals surface area contributed by atoms with Crippen LogP contribution in [0.25, 0.3) is 0 Å². The van der Waals surface area contributed by atoms with E-state index in [1.807, 2.05) is 0 Å². The first kappa shape index (κ1) is 19.7. The SMILES string of the molecule is SCCCCCCSC1CC2CC(CCSCCCS)C1C2. The van der Waals surface area contributed by atoms with E-state index in [2.05, 4.69) is 48.8 Å². The average Bonchev–Trinajstić information content (AvgIpc) is 3.10. The zero-order chi connectivity index (χ0) is 15.6. The predicted molar refractivity (Wildman–Crippen MR) is 113 cm³/mol. The van der Waals surface area contributed by atoms with Crippen molar-refractivity contribution in [3.8, 4) is 0 Å². The van der Waals surface area contributed by atoms with Gasteiger partial charge in [-0.25, -0.2) is 0 Å². The third kappa shape index (κ3) is 6.72. The van der Waals surface area contributed by atoms with Crippen LogP contribution in [0.4, 0.5) is 0 Å². The zero-order valence-electron chi connectivity index (χ0n) is 13.9. The molecule has 2 aliphatic carbocycles. The van der Waals surface area contributed by atoms with Gasteiger partial charge in [0.05, 0.1) is 0 Å². The van der Waals surface area contributed by atoms with Crippen molar-refractivity contribution in [3.63, 3.8) is 0 Å². The number of hydrogen-bond donors (Lipinski definition) is 2. The van der Waals surface area contributed by atoms with Crippen LogP contribution in [-0.2, 0) is 0 Å². The van der Waals surface area contributed by atoms with Crippen LogP contribution in [0.15, 0.2) is 0 Å². The van der Waals surface area contributed by atoms with Crippen LogP contribution in [0, 0.1) is 17.8 Å². The largest absolute Gasteiger partial charge is 0.179 e. The summed E-state index contributed by atoms with van der Waals surface area (Å²) >= 11 is 13.1. The smallest absolute Gasteiger partial charge is 0.00807 e. The van der Waals surface area contributed by atoms with Crippen molar-refractivity contribution < 1.29 is 0 Å². The molecule has 0 nitrogen and oxygen atoms in total. The Hall–Kier alpha value is 1.40. The molecule has 0 saturated heterocycles. The van der Waals surface area contributed by atoms with Crippen LogP contribution in [0.1, 0.15) is 57.8 Å². The fourth-order valence-corrected chi connectivity index (χ4v) is 7.54. The molecule has 4 heteroatoms. The van der Waals surface area contributed by atoms with Gasteiger partial charge in [-0.05, 0) is 91.5 Å². The van der Waals surface area contributed by atoms with Gasteiger partial charge in [-0.15, -0.1) is 0 Å². The highest BCUT2D eigenvalue weighted by molar-refractivity contribution is 8.00. The molecule has 0 spiro atoms. The molecule has 0 aliphatic heterocycles. The van der Waals surface area contributed by atoms with Crippen molar-refractivity contribution >= 4 is 48.8 Å². The van der Waals surface area contributed by atoms with Crippen molar-refractivity contribution in [3.05, 3.63) is 0 Å². The van der Waals surface area contributed by atoms with E-state index in [0.29, 0.717) is 0 Å². The molecule has 130 valence electrons. The van der Waals surface area contributed by atoms with Gasteiger partial charge in [-0.1, -0.05) is 12.8 Å². The zero-order valence-corrected chi connectivity index (χ0v) is 17.3. The maximum atomic E-state index is 4.30. The van der Waals surface area contributed by atoms with Crippen molar-refractivity contribution in [2.75, 3.05) is 28.8 Å². The summed E-state index contributed by atoms with van der Waals surface area (Å²) in [5.41, 5.74) is 0. The average molecular weight is 379 g/mol. The minimum atomic E-state index is 1.01. The van der Waals surface area contributed by atoms with E-state index in [4.69, 9.17) is 0 Å². The van der Waals surface area contributed by atoms with Crippen LogP contribution >= 0.6 is 48.8 Å². The van der Waals surface area contributed by atoms with Gasteiger partial charge in [-0.2, -0.15) is 48.8 Å². The summed E-state index contributed by atoms with van der Waals surface area (Å²) in [5, 5.41) is 1.01. The van der Waals surface area contributed by atoms with E-state index in [0.717, 1.165) is 34.5 Å². The summed E-state index contributed by atoms with van der Waals surface area (Å²) in [6.07, 6.45) is 12.9. The predicted octanol–water partition coefficient (Wildman–Crippen LogP) is 6.07. The van der Waals surface area contributed by atoms with Crippen molar-refractivity contribution in [2.45, 2.75) is 63.0 Å². The topological polar surface area (TPSA) is 0 Å². The Balaban J connectivity index is 1.55. The molecule has 0 radical (unpaired) electrons. The van der Waals surface area contributed by atoms with Crippen molar-refractivity contribution in [2.24, 2.45) is 17.8 Å². The molecule has 4 unspecified atom stereocenters. The van der Waals surface area contributed by atoms with Crippen LogP contribution in [0.3, 0.4) is 0 Å². The highest BCUT2D eigenvalue weighted by Crippen LogP contribution is 2.54. The molecule has 0 aromatic heterocycles. The summed E-state index contributed by atoms with van der Waals surface area (Å²) in [6, 6.07) is 0. The molecule has 22 heavy (non-hydrogen) atoms. The Kier molecular flexibility index (Phi) is 10.6. The minimum absolute atomic E-state index is 1.01. The first-order valence-corrected chi connectivity index (χ1v) is 12.7. The lowest BCUT2D eigenvalue weighted by molar-refractivity contribution is 0.335. The minimum Gasteiger partial charge on any atom is -0.179 e. The summed E-state index contributed by atoms with van der Waals surface area (Å²) in [4.78, 5) is 0. The fourth-order valence-electron chi connectivity index (χ4n) is 4.26. The molecule has 0 amide bonds. The molecule has 0 aromatic rings. The fraction of sp³-hybridized carbons (Fsp3) is 1.00. The van der Waals surface area contributed by atoms with Crippen molar-refractivity contribution in [1.29, 1.82) is 0 Å². The highest BCUT2D eigenvalue weighted by atomic mass is 32.2. The lowest BCUT2D eigenvalue weighted by Gasteiger charge is -2.29. The number of thioether (sulfide) groups is 2. The van der Waals surface area contributed by atoms with Gasteiger partial charge in [0, 0.05) is 5.25 Å². The first-order valence-electron chi connectivity index (χ1n) is 9.26. The number of unbranched alkanes of at least 4 members (excludes halogenated alkanes) is 3. The van der Waals surface area contributed by atoms with E-state index < -0.39 is 0 Å². The van der Waals surface area contributed by atoms with Gasteiger partial charge < -0.3 is 0 Å². The Bertz CT molecular complexity index is 282. The third-order valence-electron chi connectivity index (χ3n) is 5.35. The molecule has 0 aromatic carbocycles. The molecular weight excluding hydrogens is 344 g/mol. The van der Waals surface area contributed by atoms with Crippen LogP contribution in [-0.4, -0.2) is 34.0 Å². The monoisotopic (exact) mass is 378 g/mol. The quantitative estimate of drug-likeness (QED) is 0.295. The molecular formula is C18H34S4. The van der Waals surface area contributed by atoms with E-state index in [1.54, 1.807) is 12.8 Å². The van der Waals surface area contributed by atoms with Gasteiger partial charge in [0.1, 0.15) is 0 Å². The number of rotatable bonds is 13. The number of thiol groups is 2. The second-order valence-corrected chi connectivity index (χ2v) is 10.5. The van der Waals surface area contributed by atoms with Gasteiger partial charge in [0.25, 0.3) is 0 Å². The molecule has 0 heterocycles. The molecule has 2 bridgehead atoms. The summed E-state index contributed by atoms with van der Waals surface area (Å²) in [6.45, 7) is 0. The second kappa shape index (κ2) is 11.9. The first-order chi connectivity index (χ1) is 10.8. The van der Waals surface area contributed by atoms with Gasteiger partial charge in [0.15, 0.2) is 0 Å². The molecule has 0 N–H and O–H groups in total. The van der Waals surface area contributed by atoms with Gasteiger partial charge in [0.2, 0.25) is 0 Å². The lowest BCUT2D eigenvalue weighted by atomic mass is 9.86. The summed E-state index contributed by atoms with van der Waals surface area (Å²) < 4.78 is 0. The Morgan fingerprint density at radius 2 is 1.59 bits per heavy atom. The Morgan fingerprint density at radius 1 is 0.773 bits per heavy atom. The van der Waals surface area contributed by atoms with Gasteiger partial charge in [-0.3, -0.25) is 0 Å². The van der Waals surface area contributed by atoms with E-state index in [9.17, 15) is 0 Å². The highest BCUT2D eigenvalue weighted by Gasteiger charge is 2.45. The maximum Gasteiger partial charge on any atom is 0.00807 e. The lowest BCUT2D eigenvalue weighted by Crippen LogP contribution is -2.23.